The number of carbonyl (C=O) groups is 2. The fraction of sp³-hybridized carbons (Fsp3) is 0.174. The van der Waals surface area contributed by atoms with Gasteiger partial charge in [0.25, 0.3) is 5.91 Å². The fourth-order valence-electron chi connectivity index (χ4n) is 3.49. The molecule has 0 aliphatic heterocycles. The summed E-state index contributed by atoms with van der Waals surface area (Å²) >= 11 is 1.33. The van der Waals surface area contributed by atoms with E-state index in [2.05, 4.69) is 15.3 Å². The Morgan fingerprint density at radius 3 is 2.58 bits per heavy atom. The molecule has 31 heavy (non-hydrogen) atoms. The lowest BCUT2D eigenvalue weighted by Gasteiger charge is -2.14. The van der Waals surface area contributed by atoms with Gasteiger partial charge < -0.3 is 21.8 Å². The van der Waals surface area contributed by atoms with Crippen LogP contribution in [-0.2, 0) is 17.6 Å². The molecule has 0 saturated heterocycles. The standard InChI is InChI=1S/C23H23N5O2S/c24-17(10-14-6-2-1-3-7-14)23-28-20(13-31-23)22(30)27-19(21(25)29)11-15-12-26-18-9-5-4-8-16(15)18/h1-9,12-13,17,19,26H,10-11,24H2,(H2,25,29)(H,27,30). The molecule has 0 radical (unpaired) electrons. The molecule has 6 N–H and O–H groups in total. The van der Waals surface area contributed by atoms with Crippen LogP contribution in [0.1, 0.15) is 32.7 Å². The molecule has 2 atom stereocenters. The number of aromatic amines is 1. The van der Waals surface area contributed by atoms with E-state index in [1.54, 1.807) is 5.38 Å². The normalized spacial score (nSPS) is 13.1. The summed E-state index contributed by atoms with van der Waals surface area (Å²) < 4.78 is 0. The van der Waals surface area contributed by atoms with Crippen LogP contribution < -0.4 is 16.8 Å². The van der Waals surface area contributed by atoms with Crippen molar-refractivity contribution in [3.05, 3.63) is 88.0 Å². The third-order valence-corrected chi connectivity index (χ3v) is 6.09. The summed E-state index contributed by atoms with van der Waals surface area (Å²) in [5.74, 6) is -1.05. The van der Waals surface area contributed by atoms with Crippen molar-refractivity contribution in [1.29, 1.82) is 0 Å². The number of para-hydroxylation sites is 1. The van der Waals surface area contributed by atoms with Gasteiger partial charge in [-0.2, -0.15) is 0 Å². The fourth-order valence-corrected chi connectivity index (χ4v) is 4.29. The summed E-state index contributed by atoms with van der Waals surface area (Å²) in [6.07, 6.45) is 2.74. The van der Waals surface area contributed by atoms with E-state index >= 15 is 0 Å². The van der Waals surface area contributed by atoms with Gasteiger partial charge in [0.15, 0.2) is 0 Å². The van der Waals surface area contributed by atoms with Crippen LogP contribution in [0.15, 0.2) is 66.2 Å². The number of hydrogen-bond acceptors (Lipinski definition) is 5. The predicted octanol–water partition coefficient (Wildman–Crippen LogP) is 2.69. The molecule has 2 aromatic heterocycles. The zero-order chi connectivity index (χ0) is 21.8. The molecule has 2 aromatic carbocycles. The van der Waals surface area contributed by atoms with Gasteiger partial charge in [0, 0.05) is 28.9 Å². The smallest absolute Gasteiger partial charge is 0.271 e. The Balaban J connectivity index is 1.44. The number of aromatic nitrogens is 2. The van der Waals surface area contributed by atoms with Crippen LogP contribution in [0.3, 0.4) is 0 Å². The van der Waals surface area contributed by atoms with Crippen LogP contribution in [-0.4, -0.2) is 27.8 Å². The first-order valence-electron chi connectivity index (χ1n) is 9.91. The van der Waals surface area contributed by atoms with Crippen molar-refractivity contribution in [2.75, 3.05) is 0 Å². The Labute approximate surface area is 183 Å². The summed E-state index contributed by atoms with van der Waals surface area (Å²) in [6, 6.07) is 16.5. The first-order valence-corrected chi connectivity index (χ1v) is 10.8. The molecule has 0 aliphatic rings. The van der Waals surface area contributed by atoms with Crippen LogP contribution in [0, 0.1) is 0 Å². The summed E-state index contributed by atoms with van der Waals surface area (Å²) in [5, 5.41) is 6.03. The second kappa shape index (κ2) is 9.11. The van der Waals surface area contributed by atoms with Crippen LogP contribution >= 0.6 is 11.3 Å². The third-order valence-electron chi connectivity index (χ3n) is 5.12. The van der Waals surface area contributed by atoms with E-state index in [9.17, 15) is 9.59 Å². The Morgan fingerprint density at radius 1 is 1.06 bits per heavy atom. The van der Waals surface area contributed by atoms with Crippen molar-refractivity contribution in [2.24, 2.45) is 11.5 Å². The number of hydrogen-bond donors (Lipinski definition) is 4. The van der Waals surface area contributed by atoms with Crippen molar-refractivity contribution in [1.82, 2.24) is 15.3 Å². The lowest BCUT2D eigenvalue weighted by Crippen LogP contribution is -2.46. The van der Waals surface area contributed by atoms with Gasteiger partial charge in [-0.1, -0.05) is 48.5 Å². The quantitative estimate of drug-likeness (QED) is 0.341. The molecule has 4 aromatic rings. The SMILES string of the molecule is NC(=O)C(Cc1c[nH]c2ccccc12)NC(=O)c1csc(C(N)Cc2ccccc2)n1. The Bertz CT molecular complexity index is 1200. The molecule has 0 fully saturated rings. The molecule has 4 rings (SSSR count). The summed E-state index contributed by atoms with van der Waals surface area (Å²) in [4.78, 5) is 32.3. The van der Waals surface area contributed by atoms with Gasteiger partial charge in [0.05, 0.1) is 6.04 Å². The summed E-state index contributed by atoms with van der Waals surface area (Å²) in [6.45, 7) is 0. The topological polar surface area (TPSA) is 127 Å². The maximum Gasteiger partial charge on any atom is 0.271 e. The van der Waals surface area contributed by atoms with E-state index < -0.39 is 17.9 Å². The number of amides is 2. The highest BCUT2D eigenvalue weighted by Crippen LogP contribution is 2.21. The summed E-state index contributed by atoms with van der Waals surface area (Å²) in [7, 11) is 0. The highest BCUT2D eigenvalue weighted by Gasteiger charge is 2.23. The second-order valence-corrected chi connectivity index (χ2v) is 8.25. The molecule has 0 aliphatic carbocycles. The van der Waals surface area contributed by atoms with Crippen molar-refractivity contribution >= 4 is 34.1 Å². The Morgan fingerprint density at radius 2 is 1.81 bits per heavy atom. The van der Waals surface area contributed by atoms with Gasteiger partial charge in [0.1, 0.15) is 16.7 Å². The van der Waals surface area contributed by atoms with E-state index in [1.165, 1.54) is 11.3 Å². The van der Waals surface area contributed by atoms with Crippen LogP contribution in [0.4, 0.5) is 0 Å². The molecule has 158 valence electrons. The minimum atomic E-state index is -0.852. The maximum atomic E-state index is 12.7. The largest absolute Gasteiger partial charge is 0.368 e. The minimum Gasteiger partial charge on any atom is -0.368 e. The molecular formula is C23H23N5O2S. The van der Waals surface area contributed by atoms with Crippen LogP contribution in [0.2, 0.25) is 0 Å². The number of nitrogens with two attached hydrogens (primary N) is 2. The third kappa shape index (κ3) is 4.82. The second-order valence-electron chi connectivity index (χ2n) is 7.36. The van der Waals surface area contributed by atoms with Gasteiger partial charge in [-0.25, -0.2) is 4.98 Å². The molecule has 2 amide bonds. The van der Waals surface area contributed by atoms with E-state index in [0.717, 1.165) is 22.0 Å². The zero-order valence-corrected chi connectivity index (χ0v) is 17.6. The molecular weight excluding hydrogens is 410 g/mol. The van der Waals surface area contributed by atoms with Crippen molar-refractivity contribution < 1.29 is 9.59 Å². The number of thiazole rings is 1. The average molecular weight is 434 g/mol. The lowest BCUT2D eigenvalue weighted by atomic mass is 10.0. The molecule has 2 heterocycles. The van der Waals surface area contributed by atoms with Crippen molar-refractivity contribution in [3.63, 3.8) is 0 Å². The van der Waals surface area contributed by atoms with Gasteiger partial charge in [-0.05, 0) is 23.6 Å². The van der Waals surface area contributed by atoms with Crippen molar-refractivity contribution in [3.8, 4) is 0 Å². The van der Waals surface area contributed by atoms with Crippen molar-refractivity contribution in [2.45, 2.75) is 24.9 Å². The Kier molecular flexibility index (Phi) is 6.11. The number of nitrogens with zero attached hydrogens (tertiary/aromatic N) is 1. The maximum absolute atomic E-state index is 12.7. The molecule has 0 spiro atoms. The van der Waals surface area contributed by atoms with Gasteiger partial charge in [-0.15, -0.1) is 11.3 Å². The van der Waals surface area contributed by atoms with Crippen LogP contribution in [0.25, 0.3) is 10.9 Å². The molecule has 2 unspecified atom stereocenters. The van der Waals surface area contributed by atoms with Gasteiger partial charge >= 0.3 is 0 Å². The molecule has 0 saturated carbocycles. The first-order chi connectivity index (χ1) is 15.0. The molecule has 7 nitrogen and oxygen atoms in total. The van der Waals surface area contributed by atoms with E-state index in [-0.39, 0.29) is 18.2 Å². The van der Waals surface area contributed by atoms with Gasteiger partial charge in [-0.3, -0.25) is 9.59 Å². The predicted molar refractivity (Wildman–Crippen MR) is 122 cm³/mol. The number of nitrogens with one attached hydrogen (secondary N) is 2. The minimum absolute atomic E-state index is 0.230. The van der Waals surface area contributed by atoms with Gasteiger partial charge in [0.2, 0.25) is 5.91 Å². The van der Waals surface area contributed by atoms with E-state index in [4.69, 9.17) is 11.5 Å². The number of benzene rings is 2. The highest BCUT2D eigenvalue weighted by molar-refractivity contribution is 7.09. The highest BCUT2D eigenvalue weighted by atomic mass is 32.1. The Hall–Kier alpha value is -3.49. The number of fused-ring (bicyclic) bond motifs is 1. The average Bonchev–Trinajstić information content (AvgIpc) is 3.42. The first kappa shape index (κ1) is 20.8. The zero-order valence-electron chi connectivity index (χ0n) is 16.7. The number of H-pyrrole nitrogens is 1. The summed E-state index contributed by atoms with van der Waals surface area (Å²) in [5.41, 5.74) is 15.0. The number of primary amides is 1. The lowest BCUT2D eigenvalue weighted by molar-refractivity contribution is -0.119. The van der Waals surface area contributed by atoms with E-state index in [1.807, 2.05) is 60.8 Å². The number of rotatable bonds is 8. The molecule has 0 bridgehead atoms. The molecule has 8 heteroatoms. The van der Waals surface area contributed by atoms with E-state index in [0.29, 0.717) is 11.4 Å². The monoisotopic (exact) mass is 433 g/mol. The number of carbonyl (C=O) groups excluding carboxylic acids is 2. The van der Waals surface area contributed by atoms with Crippen LogP contribution in [0.5, 0.6) is 0 Å².